The molecule has 0 N–H and O–H groups in total. The molecule has 0 aromatic carbocycles. The van der Waals surface area contributed by atoms with E-state index >= 15 is 0 Å². The maximum Gasteiger partial charge on any atom is 0.0544 e. The molecule has 82 valence electrons. The number of pyridine rings is 1. The molecule has 1 aliphatic heterocycles. The Balaban J connectivity index is 2.03. The fraction of sp³-hybridized carbons (Fsp3) is 0.615. The van der Waals surface area contributed by atoms with Crippen LogP contribution < -0.4 is 0 Å². The summed E-state index contributed by atoms with van der Waals surface area (Å²) in [4.78, 5) is 6.98. The second-order valence-corrected chi connectivity index (χ2v) is 4.62. The Kier molecular flexibility index (Phi) is 3.37. The first-order chi connectivity index (χ1) is 7.27. The number of hydrogen-bond donors (Lipinski definition) is 0. The number of aromatic nitrogens is 1. The number of piperidine rings is 1. The molecule has 2 heterocycles. The third kappa shape index (κ3) is 2.57. The molecule has 0 amide bonds. The van der Waals surface area contributed by atoms with Crippen molar-refractivity contribution in [2.24, 2.45) is 0 Å². The average Bonchev–Trinajstić information content (AvgIpc) is 2.25. The van der Waals surface area contributed by atoms with Crippen LogP contribution in [0.25, 0.3) is 0 Å². The Morgan fingerprint density at radius 1 is 1.27 bits per heavy atom. The van der Waals surface area contributed by atoms with E-state index in [1.807, 2.05) is 12.3 Å². The maximum atomic E-state index is 4.40. The Hall–Kier alpha value is -0.890. The third-order valence-corrected chi connectivity index (χ3v) is 3.45. The molecule has 1 fully saturated rings. The van der Waals surface area contributed by atoms with Crippen LogP contribution in [0.2, 0.25) is 0 Å². The zero-order chi connectivity index (χ0) is 10.7. The molecule has 1 aromatic heterocycles. The zero-order valence-electron chi connectivity index (χ0n) is 9.69. The highest BCUT2D eigenvalue weighted by atomic mass is 15.2. The molecule has 2 unspecified atom stereocenters. The van der Waals surface area contributed by atoms with Crippen molar-refractivity contribution in [3.63, 3.8) is 0 Å². The highest BCUT2D eigenvalue weighted by Gasteiger charge is 2.24. The van der Waals surface area contributed by atoms with Gasteiger partial charge in [-0.3, -0.25) is 9.88 Å². The summed E-state index contributed by atoms with van der Waals surface area (Å²) in [5.41, 5.74) is 1.19. The van der Waals surface area contributed by atoms with Crippen molar-refractivity contribution < 1.29 is 0 Å². The molecule has 1 saturated heterocycles. The van der Waals surface area contributed by atoms with Crippen molar-refractivity contribution in [2.45, 2.75) is 51.7 Å². The highest BCUT2D eigenvalue weighted by Crippen LogP contribution is 2.23. The largest absolute Gasteiger partial charge is 0.292 e. The monoisotopic (exact) mass is 204 g/mol. The molecular formula is C13H20N2. The van der Waals surface area contributed by atoms with Gasteiger partial charge in [0, 0.05) is 24.8 Å². The first-order valence-electron chi connectivity index (χ1n) is 5.93. The quantitative estimate of drug-likeness (QED) is 0.736. The topological polar surface area (TPSA) is 16.1 Å². The molecule has 0 bridgehead atoms. The smallest absolute Gasteiger partial charge is 0.0544 e. The summed E-state index contributed by atoms with van der Waals surface area (Å²) in [7, 11) is 0. The lowest BCUT2D eigenvalue weighted by Gasteiger charge is -2.38. The molecule has 0 spiro atoms. The predicted octanol–water partition coefficient (Wildman–Crippen LogP) is 2.84. The maximum absolute atomic E-state index is 4.40. The van der Waals surface area contributed by atoms with Crippen molar-refractivity contribution in [1.82, 2.24) is 9.88 Å². The van der Waals surface area contributed by atoms with E-state index in [4.69, 9.17) is 0 Å². The van der Waals surface area contributed by atoms with Gasteiger partial charge in [-0.2, -0.15) is 0 Å². The summed E-state index contributed by atoms with van der Waals surface area (Å²) in [6.07, 6.45) is 5.92. The van der Waals surface area contributed by atoms with Crippen LogP contribution in [0, 0.1) is 0 Å². The summed E-state index contributed by atoms with van der Waals surface area (Å²) in [5.74, 6) is 0. The van der Waals surface area contributed by atoms with Crippen LogP contribution in [0.15, 0.2) is 24.4 Å². The molecule has 2 rings (SSSR count). The standard InChI is InChI=1S/C13H20N2/c1-11-6-5-7-12(2)15(11)10-13-8-3-4-9-14-13/h3-4,8-9,11-12H,5-7,10H2,1-2H3. The Bertz CT molecular complexity index is 287. The van der Waals surface area contributed by atoms with Crippen LogP contribution in [-0.2, 0) is 6.54 Å². The summed E-state index contributed by atoms with van der Waals surface area (Å²) in [6.45, 7) is 5.67. The van der Waals surface area contributed by atoms with Gasteiger partial charge in [0.05, 0.1) is 5.69 Å². The van der Waals surface area contributed by atoms with E-state index in [1.54, 1.807) is 0 Å². The van der Waals surface area contributed by atoms with Crippen LogP contribution >= 0.6 is 0 Å². The second-order valence-electron chi connectivity index (χ2n) is 4.62. The van der Waals surface area contributed by atoms with Crippen molar-refractivity contribution in [1.29, 1.82) is 0 Å². The van der Waals surface area contributed by atoms with E-state index in [0.717, 1.165) is 6.54 Å². The molecule has 0 radical (unpaired) electrons. The molecule has 2 nitrogen and oxygen atoms in total. The van der Waals surface area contributed by atoms with Gasteiger partial charge in [0.2, 0.25) is 0 Å². The van der Waals surface area contributed by atoms with Crippen LogP contribution in [0.5, 0.6) is 0 Å². The van der Waals surface area contributed by atoms with Crippen LogP contribution in [0.3, 0.4) is 0 Å². The van der Waals surface area contributed by atoms with E-state index in [2.05, 4.69) is 35.9 Å². The minimum Gasteiger partial charge on any atom is -0.292 e. The molecule has 0 saturated carbocycles. The lowest BCUT2D eigenvalue weighted by atomic mass is 9.97. The normalized spacial score (nSPS) is 27.9. The van der Waals surface area contributed by atoms with Gasteiger partial charge in [-0.1, -0.05) is 12.5 Å². The molecule has 15 heavy (non-hydrogen) atoms. The molecule has 2 atom stereocenters. The number of nitrogens with zero attached hydrogens (tertiary/aromatic N) is 2. The van der Waals surface area contributed by atoms with Gasteiger partial charge in [-0.05, 0) is 38.8 Å². The van der Waals surface area contributed by atoms with Gasteiger partial charge in [0.25, 0.3) is 0 Å². The number of hydrogen-bond acceptors (Lipinski definition) is 2. The van der Waals surface area contributed by atoms with Gasteiger partial charge in [-0.15, -0.1) is 0 Å². The first kappa shape index (κ1) is 10.6. The molecular weight excluding hydrogens is 184 g/mol. The first-order valence-corrected chi connectivity index (χ1v) is 5.93. The van der Waals surface area contributed by atoms with Crippen molar-refractivity contribution in [2.75, 3.05) is 0 Å². The molecule has 1 aliphatic rings. The molecule has 2 heteroatoms. The van der Waals surface area contributed by atoms with Gasteiger partial charge in [-0.25, -0.2) is 0 Å². The average molecular weight is 204 g/mol. The lowest BCUT2D eigenvalue weighted by molar-refractivity contribution is 0.0938. The number of rotatable bonds is 2. The Morgan fingerprint density at radius 2 is 2.00 bits per heavy atom. The summed E-state index contributed by atoms with van der Waals surface area (Å²) in [6, 6.07) is 7.58. The fourth-order valence-electron chi connectivity index (χ4n) is 2.47. The van der Waals surface area contributed by atoms with E-state index in [1.165, 1.54) is 25.0 Å². The molecule has 1 aromatic rings. The summed E-state index contributed by atoms with van der Waals surface area (Å²) in [5, 5.41) is 0. The lowest BCUT2D eigenvalue weighted by Crippen LogP contribution is -2.43. The van der Waals surface area contributed by atoms with Crippen LogP contribution in [-0.4, -0.2) is 22.0 Å². The van der Waals surface area contributed by atoms with Gasteiger partial charge < -0.3 is 0 Å². The third-order valence-electron chi connectivity index (χ3n) is 3.45. The SMILES string of the molecule is CC1CCCC(C)N1Cc1ccccn1. The van der Waals surface area contributed by atoms with E-state index in [9.17, 15) is 0 Å². The van der Waals surface area contributed by atoms with Gasteiger partial charge >= 0.3 is 0 Å². The molecule has 0 aliphatic carbocycles. The Labute approximate surface area is 92.3 Å². The van der Waals surface area contributed by atoms with Crippen molar-refractivity contribution in [3.8, 4) is 0 Å². The van der Waals surface area contributed by atoms with E-state index in [0.29, 0.717) is 12.1 Å². The van der Waals surface area contributed by atoms with Crippen molar-refractivity contribution in [3.05, 3.63) is 30.1 Å². The van der Waals surface area contributed by atoms with Crippen molar-refractivity contribution >= 4 is 0 Å². The highest BCUT2D eigenvalue weighted by molar-refractivity contribution is 5.04. The summed E-state index contributed by atoms with van der Waals surface area (Å²) < 4.78 is 0. The Morgan fingerprint density at radius 3 is 2.60 bits per heavy atom. The second kappa shape index (κ2) is 4.75. The zero-order valence-corrected chi connectivity index (χ0v) is 9.69. The van der Waals surface area contributed by atoms with E-state index in [-0.39, 0.29) is 0 Å². The summed E-state index contributed by atoms with van der Waals surface area (Å²) >= 11 is 0. The van der Waals surface area contributed by atoms with Crippen LogP contribution in [0.1, 0.15) is 38.8 Å². The fourth-order valence-corrected chi connectivity index (χ4v) is 2.47. The van der Waals surface area contributed by atoms with Crippen LogP contribution in [0.4, 0.5) is 0 Å². The van der Waals surface area contributed by atoms with Gasteiger partial charge in [0.15, 0.2) is 0 Å². The minimum atomic E-state index is 0.704. The van der Waals surface area contributed by atoms with E-state index < -0.39 is 0 Å². The van der Waals surface area contributed by atoms with Gasteiger partial charge in [0.1, 0.15) is 0 Å². The number of likely N-dealkylation sites (tertiary alicyclic amines) is 1. The minimum absolute atomic E-state index is 0.704. The predicted molar refractivity (Wildman–Crippen MR) is 62.6 cm³/mol.